The Kier molecular flexibility index (Phi) is 6.63. The number of amides is 1. The molecule has 8 nitrogen and oxygen atoms in total. The fourth-order valence-corrected chi connectivity index (χ4v) is 5.84. The Morgan fingerprint density at radius 2 is 1.97 bits per heavy atom. The first-order chi connectivity index (χ1) is 17.7. The SMILES string of the molecule is CCOC(=O)c1sc(N2C(=O)C(=O)/C(=C(/O)c3ccc4c(c3)CC(C)O4)C2c2ccc(Br)cc2)nc1C. The molecule has 1 amide bonds. The normalized spacial score (nSPS) is 20.2. The molecule has 1 saturated heterocycles. The summed E-state index contributed by atoms with van der Waals surface area (Å²) in [5, 5.41) is 11.6. The molecule has 37 heavy (non-hydrogen) atoms. The number of fused-ring (bicyclic) bond motifs is 1. The van der Waals surface area contributed by atoms with Gasteiger partial charge in [-0.05, 0) is 62.2 Å². The van der Waals surface area contributed by atoms with Crippen LogP contribution in [0.2, 0.25) is 0 Å². The molecule has 0 spiro atoms. The molecule has 2 unspecified atom stereocenters. The van der Waals surface area contributed by atoms with Gasteiger partial charge in [0.1, 0.15) is 22.5 Å². The van der Waals surface area contributed by atoms with Crippen molar-refractivity contribution < 1.29 is 29.0 Å². The van der Waals surface area contributed by atoms with Gasteiger partial charge in [0.2, 0.25) is 0 Å². The van der Waals surface area contributed by atoms with Crippen molar-refractivity contribution in [3.63, 3.8) is 0 Å². The van der Waals surface area contributed by atoms with E-state index >= 15 is 0 Å². The van der Waals surface area contributed by atoms with Crippen LogP contribution in [0.15, 0.2) is 52.5 Å². The number of aliphatic hydroxyl groups is 1. The maximum atomic E-state index is 13.4. The van der Waals surface area contributed by atoms with E-state index in [2.05, 4.69) is 20.9 Å². The summed E-state index contributed by atoms with van der Waals surface area (Å²) in [6.45, 7) is 5.50. The zero-order valence-electron chi connectivity index (χ0n) is 20.3. The molecule has 1 N–H and O–H groups in total. The number of benzene rings is 2. The number of carbonyl (C=O) groups excluding carboxylic acids is 3. The second-order valence-corrected chi connectivity index (χ2v) is 10.7. The first-order valence-electron chi connectivity index (χ1n) is 11.7. The minimum Gasteiger partial charge on any atom is -0.507 e. The van der Waals surface area contributed by atoms with E-state index in [4.69, 9.17) is 9.47 Å². The summed E-state index contributed by atoms with van der Waals surface area (Å²) in [5.74, 6) is -1.76. The Morgan fingerprint density at radius 3 is 2.68 bits per heavy atom. The average molecular weight is 583 g/mol. The van der Waals surface area contributed by atoms with E-state index in [1.807, 2.05) is 6.92 Å². The van der Waals surface area contributed by atoms with Gasteiger partial charge < -0.3 is 14.6 Å². The van der Waals surface area contributed by atoms with Gasteiger partial charge in [0.15, 0.2) is 5.13 Å². The lowest BCUT2D eigenvalue weighted by Crippen LogP contribution is -2.29. The number of anilines is 1. The highest BCUT2D eigenvalue weighted by atomic mass is 79.9. The van der Waals surface area contributed by atoms with Crippen molar-refractivity contribution in [1.82, 2.24) is 4.98 Å². The second kappa shape index (κ2) is 9.75. The lowest BCUT2D eigenvalue weighted by Gasteiger charge is -2.23. The van der Waals surface area contributed by atoms with Crippen LogP contribution in [0.25, 0.3) is 5.76 Å². The van der Waals surface area contributed by atoms with Gasteiger partial charge in [0.25, 0.3) is 5.78 Å². The molecule has 3 aromatic rings. The quantitative estimate of drug-likeness (QED) is 0.187. The van der Waals surface area contributed by atoms with Crippen molar-refractivity contribution in [2.45, 2.75) is 39.3 Å². The van der Waals surface area contributed by atoms with Gasteiger partial charge in [-0.15, -0.1) is 0 Å². The summed E-state index contributed by atoms with van der Waals surface area (Å²) >= 11 is 4.39. The maximum absolute atomic E-state index is 13.4. The number of ketones is 1. The number of carbonyl (C=O) groups is 3. The summed E-state index contributed by atoms with van der Waals surface area (Å²) in [4.78, 5) is 45.2. The molecule has 2 aromatic carbocycles. The van der Waals surface area contributed by atoms with Gasteiger partial charge in [0.05, 0.1) is 23.9 Å². The average Bonchev–Trinajstić information content (AvgIpc) is 3.51. The van der Waals surface area contributed by atoms with Gasteiger partial charge >= 0.3 is 11.9 Å². The van der Waals surface area contributed by atoms with Crippen molar-refractivity contribution in [2.75, 3.05) is 11.5 Å². The van der Waals surface area contributed by atoms with Crippen LogP contribution in [0, 0.1) is 6.92 Å². The van der Waals surface area contributed by atoms with E-state index in [0.29, 0.717) is 23.2 Å². The first kappa shape index (κ1) is 25.2. The summed E-state index contributed by atoms with van der Waals surface area (Å²) in [6, 6.07) is 11.4. The van der Waals surface area contributed by atoms with Gasteiger partial charge in [-0.1, -0.05) is 39.4 Å². The number of ether oxygens (including phenoxy) is 2. The molecule has 1 aromatic heterocycles. The molecule has 3 heterocycles. The molecular formula is C27H23BrN2O6S. The van der Waals surface area contributed by atoms with E-state index < -0.39 is 23.7 Å². The molecule has 0 radical (unpaired) electrons. The topological polar surface area (TPSA) is 106 Å². The van der Waals surface area contributed by atoms with Crippen LogP contribution < -0.4 is 9.64 Å². The van der Waals surface area contributed by atoms with Crippen molar-refractivity contribution in [1.29, 1.82) is 0 Å². The summed E-state index contributed by atoms with van der Waals surface area (Å²) in [5.41, 5.74) is 2.28. The highest BCUT2D eigenvalue weighted by Gasteiger charge is 2.48. The number of Topliss-reactive ketones (excluding diaryl/α,β-unsaturated/α-hetero) is 1. The highest BCUT2D eigenvalue weighted by Crippen LogP contribution is 2.44. The zero-order chi connectivity index (χ0) is 26.4. The molecule has 2 aliphatic rings. The fraction of sp³-hybridized carbons (Fsp3) is 0.259. The number of thiazole rings is 1. The Morgan fingerprint density at radius 1 is 1.24 bits per heavy atom. The Labute approximate surface area is 225 Å². The number of rotatable bonds is 5. The molecule has 0 bridgehead atoms. The lowest BCUT2D eigenvalue weighted by atomic mass is 9.94. The highest BCUT2D eigenvalue weighted by molar-refractivity contribution is 9.10. The second-order valence-electron chi connectivity index (χ2n) is 8.81. The maximum Gasteiger partial charge on any atom is 0.350 e. The summed E-state index contributed by atoms with van der Waals surface area (Å²) < 4.78 is 11.7. The van der Waals surface area contributed by atoms with Crippen LogP contribution in [0.1, 0.15) is 51.9 Å². The zero-order valence-corrected chi connectivity index (χ0v) is 22.7. The summed E-state index contributed by atoms with van der Waals surface area (Å²) in [6.07, 6.45) is 0.693. The monoisotopic (exact) mass is 582 g/mol. The first-order valence-corrected chi connectivity index (χ1v) is 13.3. The van der Waals surface area contributed by atoms with E-state index in [1.165, 1.54) is 4.90 Å². The minimum absolute atomic E-state index is 0.0162. The molecule has 0 saturated carbocycles. The predicted octanol–water partition coefficient (Wildman–Crippen LogP) is 5.34. The van der Waals surface area contributed by atoms with Crippen LogP contribution in [-0.2, 0) is 20.7 Å². The van der Waals surface area contributed by atoms with Gasteiger partial charge in [0, 0.05) is 16.5 Å². The fourth-order valence-electron chi connectivity index (χ4n) is 4.59. The number of aryl methyl sites for hydroxylation is 1. The van der Waals surface area contributed by atoms with Crippen molar-refractivity contribution in [3.05, 3.63) is 79.8 Å². The Balaban J connectivity index is 1.66. The van der Waals surface area contributed by atoms with E-state index in [9.17, 15) is 19.5 Å². The van der Waals surface area contributed by atoms with E-state index in [1.54, 1.807) is 56.3 Å². The van der Waals surface area contributed by atoms with Crippen molar-refractivity contribution in [3.8, 4) is 5.75 Å². The van der Waals surface area contributed by atoms with Gasteiger partial charge in [-0.25, -0.2) is 9.78 Å². The number of esters is 1. The third-order valence-corrected chi connectivity index (χ3v) is 7.92. The lowest BCUT2D eigenvalue weighted by molar-refractivity contribution is -0.132. The van der Waals surface area contributed by atoms with E-state index in [-0.39, 0.29) is 34.1 Å². The predicted molar refractivity (Wildman–Crippen MR) is 142 cm³/mol. The Hall–Kier alpha value is -3.50. The molecule has 5 rings (SSSR count). The van der Waals surface area contributed by atoms with Crippen LogP contribution in [-0.4, -0.2) is 40.5 Å². The number of hydrogen-bond acceptors (Lipinski definition) is 8. The third-order valence-electron chi connectivity index (χ3n) is 6.25. The molecule has 0 aliphatic carbocycles. The number of aliphatic hydroxyl groups excluding tert-OH is 1. The Bertz CT molecular complexity index is 1460. The molecule has 2 aliphatic heterocycles. The van der Waals surface area contributed by atoms with E-state index in [0.717, 1.165) is 27.1 Å². The number of hydrogen-bond donors (Lipinski definition) is 1. The molecule has 10 heteroatoms. The molecule has 2 atom stereocenters. The molecule has 190 valence electrons. The number of aromatic nitrogens is 1. The summed E-state index contributed by atoms with van der Waals surface area (Å²) in [7, 11) is 0. The third kappa shape index (κ3) is 4.44. The van der Waals surface area contributed by atoms with Crippen LogP contribution >= 0.6 is 27.3 Å². The van der Waals surface area contributed by atoms with Gasteiger partial charge in [-0.2, -0.15) is 0 Å². The smallest absolute Gasteiger partial charge is 0.350 e. The van der Waals surface area contributed by atoms with Gasteiger partial charge in [-0.3, -0.25) is 14.5 Å². The van der Waals surface area contributed by atoms with Crippen LogP contribution in [0.5, 0.6) is 5.75 Å². The van der Waals surface area contributed by atoms with Crippen LogP contribution in [0.3, 0.4) is 0 Å². The molecule has 1 fully saturated rings. The minimum atomic E-state index is -0.947. The molecular weight excluding hydrogens is 560 g/mol. The van der Waals surface area contributed by atoms with Crippen molar-refractivity contribution in [2.24, 2.45) is 0 Å². The number of nitrogens with zero attached hydrogens (tertiary/aromatic N) is 2. The van der Waals surface area contributed by atoms with Crippen molar-refractivity contribution >= 4 is 55.8 Å². The standard InChI is InChI=1S/C27H23BrN2O6S/c1-4-35-26(34)24-14(3)29-27(37-24)30-21(15-5-8-18(28)9-6-15)20(23(32)25(30)33)22(31)16-7-10-19-17(12-16)11-13(2)36-19/h5-10,12-13,21,31H,4,11H2,1-3H3/b22-20+. The van der Waals surface area contributed by atoms with Crippen LogP contribution in [0.4, 0.5) is 5.13 Å². The number of halogens is 1. The largest absolute Gasteiger partial charge is 0.507 e.